The largest absolute Gasteiger partial charge is 0.324 e. The monoisotopic (exact) mass is 446 g/mol. The number of piperidine rings is 1. The van der Waals surface area contributed by atoms with Crippen LogP contribution in [0.5, 0.6) is 0 Å². The van der Waals surface area contributed by atoms with Crippen LogP contribution in [-0.2, 0) is 14.8 Å². The number of anilines is 1. The second kappa shape index (κ2) is 8.87. The van der Waals surface area contributed by atoms with Crippen molar-refractivity contribution in [3.05, 3.63) is 28.7 Å². The number of carbonyl (C=O) groups is 1. The number of hydrogen-bond donors (Lipinski definition) is 1. The van der Waals surface area contributed by atoms with Gasteiger partial charge in [0, 0.05) is 13.1 Å². The molecule has 1 saturated heterocycles. The summed E-state index contributed by atoms with van der Waals surface area (Å²) in [5.74, 6) is -0.287. The third kappa shape index (κ3) is 5.00. The zero-order chi connectivity index (χ0) is 19.4. The highest BCUT2D eigenvalue weighted by Gasteiger charge is 2.27. The topological polar surface area (TPSA) is 92.3 Å². The molecule has 1 N–H and O–H groups in total. The number of thioether (sulfide) groups is 1. The Morgan fingerprint density at radius 2 is 2.07 bits per heavy atom. The van der Waals surface area contributed by atoms with Crippen LogP contribution < -0.4 is 5.32 Å². The minimum atomic E-state index is -3.60. The lowest BCUT2D eigenvalue weighted by molar-refractivity contribution is -0.115. The van der Waals surface area contributed by atoms with E-state index >= 15 is 0 Å². The lowest BCUT2D eigenvalue weighted by Crippen LogP contribution is -2.35. The van der Waals surface area contributed by atoms with Gasteiger partial charge in [0.25, 0.3) is 0 Å². The Hall–Kier alpha value is -1.20. The number of rotatable bonds is 6. The Morgan fingerprint density at radius 1 is 1.33 bits per heavy atom. The highest BCUT2D eigenvalue weighted by Crippen LogP contribution is 2.30. The normalized spacial score (nSPS) is 16.8. The van der Waals surface area contributed by atoms with E-state index in [-0.39, 0.29) is 21.5 Å². The Morgan fingerprint density at radius 3 is 2.74 bits per heavy atom. The van der Waals surface area contributed by atoms with Crippen LogP contribution in [0.15, 0.2) is 32.9 Å². The van der Waals surface area contributed by atoms with Crippen molar-refractivity contribution in [2.24, 2.45) is 0 Å². The fraction of sp³-hybridized carbons (Fsp3) is 0.438. The van der Waals surface area contributed by atoms with Crippen LogP contribution in [-0.4, -0.2) is 47.2 Å². The standard InChI is InChI=1S/C16H19ClN4O3S3/c1-11(26-16-20-18-10-25-16)15(22)19-14-9-12(5-6-13(14)17)27(23,24)21-7-3-2-4-8-21/h5-6,9-11H,2-4,7-8H2,1H3,(H,19,22). The van der Waals surface area contributed by atoms with E-state index < -0.39 is 15.3 Å². The van der Waals surface area contributed by atoms with Crippen LogP contribution >= 0.6 is 34.7 Å². The molecule has 2 aromatic rings. The van der Waals surface area contributed by atoms with E-state index in [1.165, 1.54) is 45.6 Å². The molecule has 1 aromatic heterocycles. The maximum absolute atomic E-state index is 12.8. The molecule has 1 aromatic carbocycles. The summed E-state index contributed by atoms with van der Waals surface area (Å²) in [5.41, 5.74) is 1.88. The summed E-state index contributed by atoms with van der Waals surface area (Å²) in [6.45, 7) is 2.77. The van der Waals surface area contributed by atoms with Crippen molar-refractivity contribution in [2.45, 2.75) is 40.7 Å². The molecule has 11 heteroatoms. The molecule has 1 fully saturated rings. The molecule has 27 heavy (non-hydrogen) atoms. The van der Waals surface area contributed by atoms with Crippen molar-refractivity contribution in [3.8, 4) is 0 Å². The maximum Gasteiger partial charge on any atom is 0.243 e. The van der Waals surface area contributed by atoms with Crippen molar-refractivity contribution in [1.82, 2.24) is 14.5 Å². The van der Waals surface area contributed by atoms with Crippen molar-refractivity contribution in [3.63, 3.8) is 0 Å². The fourth-order valence-electron chi connectivity index (χ4n) is 2.67. The van der Waals surface area contributed by atoms with Crippen molar-refractivity contribution >= 4 is 56.3 Å². The first-order chi connectivity index (χ1) is 12.9. The van der Waals surface area contributed by atoms with E-state index in [1.807, 2.05) is 0 Å². The van der Waals surface area contributed by atoms with Gasteiger partial charge in [0.1, 0.15) is 5.51 Å². The number of sulfonamides is 1. The third-order valence-electron chi connectivity index (χ3n) is 4.14. The number of nitrogens with one attached hydrogen (secondary N) is 1. The SMILES string of the molecule is CC(Sc1nncs1)C(=O)Nc1cc(S(=O)(=O)N2CCCCC2)ccc1Cl. The summed E-state index contributed by atoms with van der Waals surface area (Å²) >= 11 is 8.80. The van der Waals surface area contributed by atoms with Gasteiger partial charge in [0.2, 0.25) is 15.9 Å². The Labute approximate surface area is 171 Å². The van der Waals surface area contributed by atoms with Gasteiger partial charge in [-0.1, -0.05) is 41.1 Å². The highest BCUT2D eigenvalue weighted by atomic mass is 35.5. The van der Waals surface area contributed by atoms with Crippen LogP contribution in [0.4, 0.5) is 5.69 Å². The number of amides is 1. The molecular weight excluding hydrogens is 428 g/mol. The molecule has 1 unspecified atom stereocenters. The zero-order valence-corrected chi connectivity index (χ0v) is 17.8. The van der Waals surface area contributed by atoms with E-state index in [2.05, 4.69) is 15.5 Å². The van der Waals surface area contributed by atoms with Gasteiger partial charge in [-0.05, 0) is 38.0 Å². The van der Waals surface area contributed by atoms with E-state index in [9.17, 15) is 13.2 Å². The number of benzene rings is 1. The number of aromatic nitrogens is 2. The smallest absolute Gasteiger partial charge is 0.243 e. The van der Waals surface area contributed by atoms with Gasteiger partial charge in [-0.3, -0.25) is 4.79 Å². The predicted octanol–water partition coefficient (Wildman–Crippen LogP) is 3.49. The van der Waals surface area contributed by atoms with Crippen molar-refractivity contribution in [2.75, 3.05) is 18.4 Å². The molecule has 2 heterocycles. The second-order valence-corrected chi connectivity index (χ2v) is 10.8. The van der Waals surface area contributed by atoms with E-state index in [1.54, 1.807) is 12.4 Å². The molecule has 0 radical (unpaired) electrons. The first kappa shape index (κ1) is 20.5. The molecule has 7 nitrogen and oxygen atoms in total. The van der Waals surface area contributed by atoms with Gasteiger partial charge in [-0.2, -0.15) is 4.31 Å². The summed E-state index contributed by atoms with van der Waals surface area (Å²) < 4.78 is 27.8. The van der Waals surface area contributed by atoms with E-state index in [0.29, 0.717) is 17.4 Å². The van der Waals surface area contributed by atoms with Crippen LogP contribution in [0.3, 0.4) is 0 Å². The first-order valence-corrected chi connectivity index (χ1v) is 12.0. The van der Waals surface area contributed by atoms with Crippen molar-refractivity contribution in [1.29, 1.82) is 0 Å². The molecule has 1 aliphatic heterocycles. The molecule has 3 rings (SSSR count). The predicted molar refractivity (Wildman–Crippen MR) is 108 cm³/mol. The first-order valence-electron chi connectivity index (χ1n) is 8.41. The van der Waals surface area contributed by atoms with Crippen LogP contribution in [0.2, 0.25) is 5.02 Å². The van der Waals surface area contributed by atoms with Gasteiger partial charge >= 0.3 is 0 Å². The molecule has 1 atom stereocenters. The quantitative estimate of drug-likeness (QED) is 0.683. The average molecular weight is 447 g/mol. The molecule has 1 amide bonds. The number of halogens is 1. The van der Waals surface area contributed by atoms with Gasteiger partial charge in [-0.25, -0.2) is 8.42 Å². The average Bonchev–Trinajstić information content (AvgIpc) is 3.17. The van der Waals surface area contributed by atoms with Crippen LogP contribution in [0, 0.1) is 0 Å². The summed E-state index contributed by atoms with van der Waals surface area (Å²) in [6, 6.07) is 4.39. The van der Waals surface area contributed by atoms with E-state index in [4.69, 9.17) is 11.6 Å². The fourth-order valence-corrected chi connectivity index (χ4v) is 6.00. The molecule has 146 valence electrons. The Kier molecular flexibility index (Phi) is 6.74. The lowest BCUT2D eigenvalue weighted by Gasteiger charge is -2.26. The van der Waals surface area contributed by atoms with Crippen LogP contribution in [0.25, 0.3) is 0 Å². The summed E-state index contributed by atoms with van der Waals surface area (Å²) in [7, 11) is -3.60. The van der Waals surface area contributed by atoms with E-state index in [0.717, 1.165) is 19.3 Å². The number of nitrogens with zero attached hydrogens (tertiary/aromatic N) is 3. The van der Waals surface area contributed by atoms with Gasteiger partial charge < -0.3 is 5.32 Å². The minimum absolute atomic E-state index is 0.133. The van der Waals surface area contributed by atoms with Crippen LogP contribution in [0.1, 0.15) is 26.2 Å². The third-order valence-corrected chi connectivity index (χ3v) is 8.27. The number of carbonyl (C=O) groups excluding carboxylic acids is 1. The van der Waals surface area contributed by atoms with Gasteiger partial charge in [0.05, 0.1) is 20.9 Å². The van der Waals surface area contributed by atoms with Gasteiger partial charge in [-0.15, -0.1) is 10.2 Å². The molecule has 1 aliphatic rings. The minimum Gasteiger partial charge on any atom is -0.324 e. The summed E-state index contributed by atoms with van der Waals surface area (Å²) in [4.78, 5) is 12.6. The van der Waals surface area contributed by atoms with Gasteiger partial charge in [0.15, 0.2) is 4.34 Å². The molecular formula is C16H19ClN4O3S3. The lowest BCUT2D eigenvalue weighted by atomic mass is 10.2. The summed E-state index contributed by atoms with van der Waals surface area (Å²) in [5, 5.41) is 10.2. The molecule has 0 saturated carbocycles. The number of hydrogen-bond acceptors (Lipinski definition) is 7. The second-order valence-electron chi connectivity index (χ2n) is 6.06. The van der Waals surface area contributed by atoms with Crippen molar-refractivity contribution < 1.29 is 13.2 Å². The highest BCUT2D eigenvalue weighted by molar-refractivity contribution is 8.02. The molecule has 0 spiro atoms. The zero-order valence-electron chi connectivity index (χ0n) is 14.6. The molecule has 0 aliphatic carbocycles. The Balaban J connectivity index is 1.75. The Bertz CT molecular complexity index is 900. The molecule has 0 bridgehead atoms. The summed E-state index contributed by atoms with van der Waals surface area (Å²) in [6.07, 6.45) is 2.76. The maximum atomic E-state index is 12.8.